The van der Waals surface area contributed by atoms with E-state index in [0.29, 0.717) is 0 Å². The fourth-order valence-corrected chi connectivity index (χ4v) is 2.06. The quantitative estimate of drug-likeness (QED) is 0.768. The van der Waals surface area contributed by atoms with Gasteiger partial charge >= 0.3 is 0 Å². The molecule has 2 aromatic carbocycles. The number of fused-ring (bicyclic) bond motifs is 1. The third-order valence-corrected chi connectivity index (χ3v) is 2.79. The van der Waals surface area contributed by atoms with E-state index in [4.69, 9.17) is 5.73 Å². The number of hydrogen-bond donors (Lipinski definition) is 1. The molecule has 1 unspecified atom stereocenters. The molecular formula is C15H17N. The summed E-state index contributed by atoms with van der Waals surface area (Å²) in [5.74, 6) is 0. The van der Waals surface area contributed by atoms with E-state index < -0.39 is 0 Å². The van der Waals surface area contributed by atoms with Crippen molar-refractivity contribution >= 4 is 10.8 Å². The molecule has 0 fully saturated rings. The summed E-state index contributed by atoms with van der Waals surface area (Å²) in [6, 6.07) is 14.7. The standard InChI is InChI=1S/C15H17N/c1-11(2)10-15(16)14-9-5-7-12-6-3-4-8-13(12)14/h3-9,15H,1,10,16H2,2H3. The first-order valence-corrected chi connectivity index (χ1v) is 5.56. The van der Waals surface area contributed by atoms with E-state index in [1.54, 1.807) is 0 Å². The second-order valence-corrected chi connectivity index (χ2v) is 4.34. The van der Waals surface area contributed by atoms with Gasteiger partial charge in [0.25, 0.3) is 0 Å². The van der Waals surface area contributed by atoms with E-state index in [1.165, 1.54) is 16.3 Å². The van der Waals surface area contributed by atoms with Gasteiger partial charge in [0.15, 0.2) is 0 Å². The Labute approximate surface area is 96.6 Å². The summed E-state index contributed by atoms with van der Waals surface area (Å²) in [4.78, 5) is 0. The van der Waals surface area contributed by atoms with Crippen LogP contribution in [0.4, 0.5) is 0 Å². The lowest BCUT2D eigenvalue weighted by Gasteiger charge is -2.14. The van der Waals surface area contributed by atoms with Crippen molar-refractivity contribution in [2.45, 2.75) is 19.4 Å². The number of benzene rings is 2. The Kier molecular flexibility index (Phi) is 3.07. The van der Waals surface area contributed by atoms with Gasteiger partial charge in [-0.15, -0.1) is 6.58 Å². The summed E-state index contributed by atoms with van der Waals surface area (Å²) in [7, 11) is 0. The van der Waals surface area contributed by atoms with Crippen molar-refractivity contribution in [2.24, 2.45) is 5.73 Å². The third-order valence-electron chi connectivity index (χ3n) is 2.79. The second kappa shape index (κ2) is 4.50. The minimum Gasteiger partial charge on any atom is -0.324 e. The first-order valence-electron chi connectivity index (χ1n) is 5.56. The van der Waals surface area contributed by atoms with Crippen molar-refractivity contribution in [1.82, 2.24) is 0 Å². The topological polar surface area (TPSA) is 26.0 Å². The zero-order valence-corrected chi connectivity index (χ0v) is 9.61. The number of hydrogen-bond acceptors (Lipinski definition) is 1. The molecule has 0 bridgehead atoms. The summed E-state index contributed by atoms with van der Waals surface area (Å²) in [6.45, 7) is 5.94. The van der Waals surface area contributed by atoms with E-state index in [2.05, 4.69) is 49.0 Å². The summed E-state index contributed by atoms with van der Waals surface area (Å²) in [5, 5.41) is 2.50. The molecule has 1 atom stereocenters. The zero-order valence-electron chi connectivity index (χ0n) is 9.61. The Morgan fingerprint density at radius 3 is 2.62 bits per heavy atom. The fraction of sp³-hybridized carbons (Fsp3) is 0.200. The highest BCUT2D eigenvalue weighted by Gasteiger charge is 2.09. The monoisotopic (exact) mass is 211 g/mol. The molecule has 16 heavy (non-hydrogen) atoms. The van der Waals surface area contributed by atoms with Gasteiger partial charge in [0.2, 0.25) is 0 Å². The first kappa shape index (κ1) is 10.9. The lowest BCUT2D eigenvalue weighted by molar-refractivity contribution is 0.723. The maximum absolute atomic E-state index is 6.20. The van der Waals surface area contributed by atoms with Crippen molar-refractivity contribution in [3.8, 4) is 0 Å². The van der Waals surface area contributed by atoms with Crippen LogP contribution >= 0.6 is 0 Å². The third kappa shape index (κ3) is 2.15. The molecule has 0 aromatic heterocycles. The molecule has 1 nitrogen and oxygen atoms in total. The van der Waals surface area contributed by atoms with Crippen LogP contribution < -0.4 is 5.73 Å². The van der Waals surface area contributed by atoms with Crippen LogP contribution in [-0.4, -0.2) is 0 Å². The van der Waals surface area contributed by atoms with E-state index in [0.717, 1.165) is 12.0 Å². The predicted octanol–water partition coefficient (Wildman–Crippen LogP) is 3.81. The number of rotatable bonds is 3. The normalized spacial score (nSPS) is 12.6. The van der Waals surface area contributed by atoms with Crippen LogP contribution in [0.5, 0.6) is 0 Å². The van der Waals surface area contributed by atoms with Gasteiger partial charge in [-0.1, -0.05) is 48.0 Å². The van der Waals surface area contributed by atoms with Crippen LogP contribution in [0.2, 0.25) is 0 Å². The average molecular weight is 211 g/mol. The SMILES string of the molecule is C=C(C)CC(N)c1cccc2ccccc12. The van der Waals surface area contributed by atoms with Crippen LogP contribution in [0.15, 0.2) is 54.6 Å². The highest BCUT2D eigenvalue weighted by Crippen LogP contribution is 2.26. The molecule has 0 aliphatic rings. The summed E-state index contributed by atoms with van der Waals surface area (Å²) < 4.78 is 0. The molecule has 0 aliphatic heterocycles. The van der Waals surface area contributed by atoms with Crippen LogP contribution in [0.1, 0.15) is 24.9 Å². The van der Waals surface area contributed by atoms with Crippen molar-refractivity contribution in [2.75, 3.05) is 0 Å². The molecule has 82 valence electrons. The highest BCUT2D eigenvalue weighted by molar-refractivity contribution is 5.86. The molecular weight excluding hydrogens is 194 g/mol. The molecule has 0 aliphatic carbocycles. The molecule has 0 heterocycles. The lowest BCUT2D eigenvalue weighted by atomic mass is 9.95. The van der Waals surface area contributed by atoms with Gasteiger partial charge in [-0.2, -0.15) is 0 Å². The van der Waals surface area contributed by atoms with Crippen LogP contribution in [0, 0.1) is 0 Å². The first-order chi connectivity index (χ1) is 7.68. The maximum Gasteiger partial charge on any atom is 0.0338 e. The predicted molar refractivity (Wildman–Crippen MR) is 70.3 cm³/mol. The Bertz CT molecular complexity index is 508. The maximum atomic E-state index is 6.20. The largest absolute Gasteiger partial charge is 0.324 e. The van der Waals surface area contributed by atoms with Gasteiger partial charge in [0, 0.05) is 6.04 Å². The van der Waals surface area contributed by atoms with E-state index in [1.807, 2.05) is 6.92 Å². The molecule has 0 saturated carbocycles. The van der Waals surface area contributed by atoms with Crippen LogP contribution in [0.3, 0.4) is 0 Å². The molecule has 0 saturated heterocycles. The van der Waals surface area contributed by atoms with E-state index in [-0.39, 0.29) is 6.04 Å². The molecule has 2 rings (SSSR count). The van der Waals surface area contributed by atoms with Crippen molar-refractivity contribution < 1.29 is 0 Å². The van der Waals surface area contributed by atoms with Gasteiger partial charge in [-0.3, -0.25) is 0 Å². The zero-order chi connectivity index (χ0) is 11.5. The molecule has 2 aromatic rings. The van der Waals surface area contributed by atoms with Crippen LogP contribution in [-0.2, 0) is 0 Å². The van der Waals surface area contributed by atoms with Gasteiger partial charge in [0.1, 0.15) is 0 Å². The van der Waals surface area contributed by atoms with Gasteiger partial charge in [-0.25, -0.2) is 0 Å². The molecule has 0 spiro atoms. The van der Waals surface area contributed by atoms with Gasteiger partial charge in [0.05, 0.1) is 0 Å². The smallest absolute Gasteiger partial charge is 0.0338 e. The van der Waals surface area contributed by atoms with Crippen molar-refractivity contribution in [1.29, 1.82) is 0 Å². The summed E-state index contributed by atoms with van der Waals surface area (Å²) in [5.41, 5.74) is 8.54. The Morgan fingerprint density at radius 1 is 1.19 bits per heavy atom. The average Bonchev–Trinajstić information content (AvgIpc) is 2.27. The lowest BCUT2D eigenvalue weighted by Crippen LogP contribution is -2.10. The summed E-state index contributed by atoms with van der Waals surface area (Å²) >= 11 is 0. The minimum absolute atomic E-state index is 0.0450. The van der Waals surface area contributed by atoms with Crippen molar-refractivity contribution in [3.05, 3.63) is 60.2 Å². The molecule has 1 heteroatoms. The number of nitrogens with two attached hydrogens (primary N) is 1. The Balaban J connectivity index is 2.47. The molecule has 0 amide bonds. The highest BCUT2D eigenvalue weighted by atomic mass is 14.6. The summed E-state index contributed by atoms with van der Waals surface area (Å²) in [6.07, 6.45) is 0.841. The minimum atomic E-state index is 0.0450. The Hall–Kier alpha value is -1.60. The van der Waals surface area contributed by atoms with Crippen molar-refractivity contribution in [3.63, 3.8) is 0 Å². The molecule has 0 radical (unpaired) electrons. The van der Waals surface area contributed by atoms with Gasteiger partial charge in [-0.05, 0) is 29.7 Å². The Morgan fingerprint density at radius 2 is 1.88 bits per heavy atom. The van der Waals surface area contributed by atoms with Gasteiger partial charge < -0.3 is 5.73 Å². The second-order valence-electron chi connectivity index (χ2n) is 4.34. The molecule has 2 N–H and O–H groups in total. The van der Waals surface area contributed by atoms with Crippen LogP contribution in [0.25, 0.3) is 10.8 Å². The van der Waals surface area contributed by atoms with E-state index in [9.17, 15) is 0 Å². The fourth-order valence-electron chi connectivity index (χ4n) is 2.06. The van der Waals surface area contributed by atoms with E-state index >= 15 is 0 Å².